The van der Waals surface area contributed by atoms with Crippen LogP contribution in [0.25, 0.3) is 0 Å². The predicted molar refractivity (Wildman–Crippen MR) is 109 cm³/mol. The second-order valence-corrected chi connectivity index (χ2v) is 7.94. The maximum Gasteiger partial charge on any atom is 0.102 e. The van der Waals surface area contributed by atoms with E-state index in [1.165, 1.54) is 17.5 Å². The van der Waals surface area contributed by atoms with Gasteiger partial charge in [-0.25, -0.2) is 4.39 Å². The zero-order chi connectivity index (χ0) is 17.8. The Morgan fingerprint density at radius 1 is 0.885 bits per heavy atom. The van der Waals surface area contributed by atoms with E-state index in [-0.39, 0.29) is 23.8 Å². The Balaban J connectivity index is 0.00000243. The second kappa shape index (κ2) is 8.79. The van der Waals surface area contributed by atoms with Crippen LogP contribution in [-0.4, -0.2) is 30.2 Å². The largest absolute Gasteiger partial charge is 0.344 e. The van der Waals surface area contributed by atoms with Crippen LogP contribution in [-0.2, 0) is 12.8 Å². The molecule has 1 fully saturated rings. The first-order valence-corrected chi connectivity index (χ1v) is 9.46. The summed E-state index contributed by atoms with van der Waals surface area (Å²) in [5.74, 6) is 0. The minimum atomic E-state index is -0.268. The lowest BCUT2D eigenvalue weighted by atomic mass is 9.59. The highest BCUT2D eigenvalue weighted by molar-refractivity contribution is 5.24. The fourth-order valence-electron chi connectivity index (χ4n) is 4.67. The number of hydrogen-bond acceptors (Lipinski definition) is 2. The average Bonchev–Trinajstić information content (AvgIpc) is 2.61. The molecule has 1 saturated heterocycles. The van der Waals surface area contributed by atoms with Crippen LogP contribution >= 0.6 is 0 Å². The zero-order valence-electron chi connectivity index (χ0n) is 16.3. The molecule has 2 aromatic carbocycles. The fourth-order valence-corrected chi connectivity index (χ4v) is 4.67. The van der Waals surface area contributed by atoms with Crippen LogP contribution in [0, 0.1) is 5.41 Å². The van der Waals surface area contributed by atoms with Gasteiger partial charge in [0, 0.05) is 12.1 Å². The zero-order valence-corrected chi connectivity index (χ0v) is 16.3. The van der Waals surface area contributed by atoms with Gasteiger partial charge in [-0.15, -0.1) is 0 Å². The standard InChI is InChI=1S/C23H30FN.H3N/c1-22(2)23(14-9-16-25(22)17-15-24,18-20-10-5-3-6-11-20)19-21-12-7-4-8-13-21;/h3-8,10-13H,9,14-19H2,1-2H3;1H3. The van der Waals surface area contributed by atoms with Crippen LogP contribution in [0.4, 0.5) is 4.39 Å². The first kappa shape index (κ1) is 20.6. The molecule has 0 aliphatic carbocycles. The first-order chi connectivity index (χ1) is 12.1. The number of rotatable bonds is 6. The monoisotopic (exact) mass is 356 g/mol. The summed E-state index contributed by atoms with van der Waals surface area (Å²) in [6, 6.07) is 21.6. The predicted octanol–water partition coefficient (Wildman–Crippen LogP) is 5.46. The number of benzene rings is 2. The van der Waals surface area contributed by atoms with E-state index in [2.05, 4.69) is 79.4 Å². The molecule has 0 saturated carbocycles. The Bertz CT molecular complexity index is 611. The van der Waals surface area contributed by atoms with E-state index in [0.717, 1.165) is 25.8 Å². The molecule has 3 rings (SSSR count). The highest BCUT2D eigenvalue weighted by Crippen LogP contribution is 2.48. The smallest absolute Gasteiger partial charge is 0.102 e. The van der Waals surface area contributed by atoms with E-state index < -0.39 is 0 Å². The third-order valence-electron chi connectivity index (χ3n) is 6.30. The van der Waals surface area contributed by atoms with Crippen molar-refractivity contribution >= 4 is 0 Å². The molecule has 3 N–H and O–H groups in total. The van der Waals surface area contributed by atoms with E-state index in [1.807, 2.05) is 0 Å². The van der Waals surface area contributed by atoms with Gasteiger partial charge in [0.2, 0.25) is 0 Å². The highest BCUT2D eigenvalue weighted by atomic mass is 19.1. The van der Waals surface area contributed by atoms with Gasteiger partial charge < -0.3 is 6.15 Å². The van der Waals surface area contributed by atoms with Crippen LogP contribution in [0.15, 0.2) is 60.7 Å². The lowest BCUT2D eigenvalue weighted by Gasteiger charge is -2.57. The van der Waals surface area contributed by atoms with Gasteiger partial charge in [0.25, 0.3) is 0 Å². The van der Waals surface area contributed by atoms with Gasteiger partial charge in [-0.3, -0.25) is 4.90 Å². The normalized spacial score (nSPS) is 18.9. The Hall–Kier alpha value is -1.71. The Morgan fingerprint density at radius 2 is 1.38 bits per heavy atom. The molecule has 2 aromatic rings. The average molecular weight is 357 g/mol. The molecule has 1 aliphatic rings. The third-order valence-corrected chi connectivity index (χ3v) is 6.30. The van der Waals surface area contributed by atoms with Crippen molar-refractivity contribution in [3.8, 4) is 0 Å². The van der Waals surface area contributed by atoms with Crippen LogP contribution < -0.4 is 6.15 Å². The van der Waals surface area contributed by atoms with Gasteiger partial charge in [0.1, 0.15) is 6.67 Å². The van der Waals surface area contributed by atoms with Crippen molar-refractivity contribution in [3.63, 3.8) is 0 Å². The van der Waals surface area contributed by atoms with E-state index in [4.69, 9.17) is 0 Å². The summed E-state index contributed by atoms with van der Waals surface area (Å²) in [4.78, 5) is 2.38. The Kier molecular flexibility index (Phi) is 6.96. The van der Waals surface area contributed by atoms with E-state index in [9.17, 15) is 4.39 Å². The molecular weight excluding hydrogens is 323 g/mol. The lowest BCUT2D eigenvalue weighted by Crippen LogP contribution is -2.62. The third kappa shape index (κ3) is 4.16. The topological polar surface area (TPSA) is 38.2 Å². The fraction of sp³-hybridized carbons (Fsp3) is 0.478. The van der Waals surface area contributed by atoms with Gasteiger partial charge in [-0.05, 0) is 62.6 Å². The molecule has 0 amide bonds. The SMILES string of the molecule is CC1(C)N(CCF)CCCC1(Cc1ccccc1)Cc1ccccc1.N. The van der Waals surface area contributed by atoms with Crippen molar-refractivity contribution < 1.29 is 4.39 Å². The first-order valence-electron chi connectivity index (χ1n) is 9.46. The summed E-state index contributed by atoms with van der Waals surface area (Å²) < 4.78 is 13.2. The van der Waals surface area contributed by atoms with Crippen molar-refractivity contribution in [2.24, 2.45) is 5.41 Å². The van der Waals surface area contributed by atoms with Gasteiger partial charge in [-0.1, -0.05) is 60.7 Å². The van der Waals surface area contributed by atoms with Crippen LogP contribution in [0.5, 0.6) is 0 Å². The molecule has 3 heteroatoms. The van der Waals surface area contributed by atoms with Crippen LogP contribution in [0.1, 0.15) is 37.8 Å². The number of hydrogen-bond donors (Lipinski definition) is 1. The molecule has 0 atom stereocenters. The quantitative estimate of drug-likeness (QED) is 0.746. The molecule has 0 bridgehead atoms. The van der Waals surface area contributed by atoms with E-state index in [0.29, 0.717) is 6.54 Å². The summed E-state index contributed by atoms with van der Waals surface area (Å²) in [5.41, 5.74) is 2.84. The molecule has 26 heavy (non-hydrogen) atoms. The minimum absolute atomic E-state index is 0. The number of alkyl halides is 1. The number of halogens is 1. The Labute approximate surface area is 158 Å². The summed E-state index contributed by atoms with van der Waals surface area (Å²) in [6.07, 6.45) is 4.41. The van der Waals surface area contributed by atoms with Crippen molar-refractivity contribution in [3.05, 3.63) is 71.8 Å². The van der Waals surface area contributed by atoms with E-state index in [1.54, 1.807) is 0 Å². The summed E-state index contributed by atoms with van der Waals surface area (Å²) in [5, 5.41) is 0. The van der Waals surface area contributed by atoms with Crippen molar-refractivity contribution in [1.29, 1.82) is 0 Å². The summed E-state index contributed by atoms with van der Waals surface area (Å²) in [7, 11) is 0. The second-order valence-electron chi connectivity index (χ2n) is 7.94. The van der Waals surface area contributed by atoms with Gasteiger partial charge >= 0.3 is 0 Å². The minimum Gasteiger partial charge on any atom is -0.344 e. The molecule has 142 valence electrons. The summed E-state index contributed by atoms with van der Waals surface area (Å²) in [6.45, 7) is 5.93. The van der Waals surface area contributed by atoms with Gasteiger partial charge in [0.15, 0.2) is 0 Å². The number of piperidine rings is 1. The van der Waals surface area contributed by atoms with Crippen LogP contribution in [0.3, 0.4) is 0 Å². The summed E-state index contributed by atoms with van der Waals surface area (Å²) >= 11 is 0. The van der Waals surface area contributed by atoms with Gasteiger partial charge in [-0.2, -0.15) is 0 Å². The van der Waals surface area contributed by atoms with E-state index >= 15 is 0 Å². The maximum atomic E-state index is 13.2. The highest BCUT2D eigenvalue weighted by Gasteiger charge is 2.50. The molecule has 0 unspecified atom stereocenters. The van der Waals surface area contributed by atoms with Crippen molar-refractivity contribution in [2.75, 3.05) is 19.8 Å². The Morgan fingerprint density at radius 3 is 1.85 bits per heavy atom. The number of likely N-dealkylation sites (tertiary alicyclic amines) is 1. The lowest BCUT2D eigenvalue weighted by molar-refractivity contribution is -0.0549. The maximum absolute atomic E-state index is 13.2. The molecular formula is C23H33FN2. The molecule has 0 aromatic heterocycles. The molecule has 2 nitrogen and oxygen atoms in total. The van der Waals surface area contributed by atoms with Crippen LogP contribution in [0.2, 0.25) is 0 Å². The molecule has 0 spiro atoms. The molecule has 0 radical (unpaired) electrons. The number of nitrogens with zero attached hydrogens (tertiary/aromatic N) is 1. The van der Waals surface area contributed by atoms with Gasteiger partial charge in [0.05, 0.1) is 0 Å². The van der Waals surface area contributed by atoms with Crippen molar-refractivity contribution in [2.45, 2.75) is 45.1 Å². The molecule has 1 aliphatic heterocycles. The molecule has 1 heterocycles. The van der Waals surface area contributed by atoms with Crippen molar-refractivity contribution in [1.82, 2.24) is 11.1 Å².